The molecule has 0 aromatic heterocycles. The van der Waals surface area contributed by atoms with Gasteiger partial charge in [-0.3, -0.25) is 0 Å². The molecule has 1 N–H and O–H groups in total. The minimum Gasteiger partial charge on any atom is -0.376 e. The predicted octanol–water partition coefficient (Wildman–Crippen LogP) is 6.22. The van der Waals surface area contributed by atoms with Gasteiger partial charge in [0, 0.05) is 5.41 Å². The van der Waals surface area contributed by atoms with Crippen LogP contribution in [0.25, 0.3) is 11.1 Å². The molecule has 3 nitrogen and oxygen atoms in total. The summed E-state index contributed by atoms with van der Waals surface area (Å²) in [5.41, 5.74) is 1.75. The van der Waals surface area contributed by atoms with Crippen molar-refractivity contribution in [3.05, 3.63) is 94.8 Å². The molecule has 0 bridgehead atoms. The lowest BCUT2D eigenvalue weighted by molar-refractivity contribution is -0.137. The second kappa shape index (κ2) is 9.96. The van der Waals surface area contributed by atoms with Crippen LogP contribution in [0.15, 0.2) is 66.7 Å². The van der Waals surface area contributed by atoms with Crippen LogP contribution in [0.5, 0.6) is 0 Å². The summed E-state index contributed by atoms with van der Waals surface area (Å²) in [4.78, 5) is 0. The van der Waals surface area contributed by atoms with Crippen LogP contribution in [0.4, 0.5) is 17.6 Å². The number of alkyl halides is 3. The van der Waals surface area contributed by atoms with E-state index in [0.29, 0.717) is 28.9 Å². The molecule has 1 heterocycles. The largest absolute Gasteiger partial charge is 0.416 e. The minimum absolute atomic E-state index is 0.0174. The fraction of sp³-hybridized carbons (Fsp3) is 0.296. The zero-order chi connectivity index (χ0) is 24.2. The third-order valence-electron chi connectivity index (χ3n) is 6.33. The van der Waals surface area contributed by atoms with Crippen molar-refractivity contribution in [1.82, 2.24) is 5.32 Å². The van der Waals surface area contributed by atoms with Gasteiger partial charge in [0.15, 0.2) is 0 Å². The standard InChI is InChI=1S/C27H24F4N2O/c28-25-7-5-23(6-8-25)26(9-11-33-12-10-26)18-34-17-20-13-22(15-24(14-20)27(29,30)31)21-3-1-19(16-32)2-4-21/h1-8,13-15,33H,9-12,17-18H2. The molecule has 0 radical (unpaired) electrons. The third-order valence-corrected chi connectivity index (χ3v) is 6.33. The molecule has 0 aliphatic carbocycles. The van der Waals surface area contributed by atoms with Crippen LogP contribution < -0.4 is 5.32 Å². The second-order valence-corrected chi connectivity index (χ2v) is 8.64. The van der Waals surface area contributed by atoms with Gasteiger partial charge < -0.3 is 10.1 Å². The SMILES string of the molecule is N#Cc1ccc(-c2cc(COCC3(c4ccc(F)cc4)CCNCC3)cc(C(F)(F)F)c2)cc1. The molecule has 7 heteroatoms. The molecule has 3 aromatic carbocycles. The molecule has 1 saturated heterocycles. The van der Waals surface area contributed by atoms with Crippen LogP contribution in [0.2, 0.25) is 0 Å². The molecule has 176 valence electrons. The van der Waals surface area contributed by atoms with E-state index >= 15 is 0 Å². The van der Waals surface area contributed by atoms with E-state index < -0.39 is 11.7 Å². The van der Waals surface area contributed by atoms with Gasteiger partial charge in [0.05, 0.1) is 30.4 Å². The van der Waals surface area contributed by atoms with Gasteiger partial charge in [-0.2, -0.15) is 18.4 Å². The summed E-state index contributed by atoms with van der Waals surface area (Å²) < 4.78 is 60.2. The zero-order valence-corrected chi connectivity index (χ0v) is 18.5. The topological polar surface area (TPSA) is 45.0 Å². The number of nitriles is 1. The van der Waals surface area contributed by atoms with Crippen LogP contribution in [0.1, 0.15) is 35.1 Å². The molecule has 1 aliphatic heterocycles. The summed E-state index contributed by atoms with van der Waals surface area (Å²) in [5.74, 6) is -0.312. The molecule has 0 atom stereocenters. The Morgan fingerprint density at radius 1 is 0.912 bits per heavy atom. The fourth-order valence-corrected chi connectivity index (χ4v) is 4.43. The maximum Gasteiger partial charge on any atom is 0.416 e. The summed E-state index contributed by atoms with van der Waals surface area (Å²) in [6, 6.07) is 18.7. The maximum absolute atomic E-state index is 13.6. The number of benzene rings is 3. The highest BCUT2D eigenvalue weighted by Crippen LogP contribution is 2.36. The van der Waals surface area contributed by atoms with Crippen molar-refractivity contribution in [2.45, 2.75) is 31.0 Å². The van der Waals surface area contributed by atoms with E-state index in [1.807, 2.05) is 6.07 Å². The summed E-state index contributed by atoms with van der Waals surface area (Å²) in [7, 11) is 0. The monoisotopic (exact) mass is 468 g/mol. The molecule has 3 aromatic rings. The quantitative estimate of drug-likeness (QED) is 0.437. The van der Waals surface area contributed by atoms with Gasteiger partial charge >= 0.3 is 6.18 Å². The van der Waals surface area contributed by atoms with E-state index in [2.05, 4.69) is 5.32 Å². The Morgan fingerprint density at radius 3 is 2.21 bits per heavy atom. The molecule has 4 rings (SSSR count). The Kier molecular flexibility index (Phi) is 7.01. The molecule has 1 fully saturated rings. The average molecular weight is 468 g/mol. The lowest BCUT2D eigenvalue weighted by Crippen LogP contribution is -2.43. The number of hydrogen-bond donors (Lipinski definition) is 1. The number of nitrogens with one attached hydrogen (secondary N) is 1. The van der Waals surface area contributed by atoms with E-state index in [0.717, 1.165) is 43.6 Å². The Bertz CT molecular complexity index is 1160. The highest BCUT2D eigenvalue weighted by atomic mass is 19.4. The fourth-order valence-electron chi connectivity index (χ4n) is 4.43. The lowest BCUT2D eigenvalue weighted by atomic mass is 9.74. The third kappa shape index (κ3) is 5.46. The van der Waals surface area contributed by atoms with Gasteiger partial charge in [0.1, 0.15) is 5.82 Å². The van der Waals surface area contributed by atoms with E-state index in [1.54, 1.807) is 42.5 Å². The molecule has 0 unspecified atom stereocenters. The van der Waals surface area contributed by atoms with Gasteiger partial charge in [-0.25, -0.2) is 4.39 Å². The maximum atomic E-state index is 13.6. The number of piperidine rings is 1. The predicted molar refractivity (Wildman–Crippen MR) is 121 cm³/mol. The van der Waals surface area contributed by atoms with Crippen LogP contribution in [0.3, 0.4) is 0 Å². The molecule has 0 spiro atoms. The van der Waals surface area contributed by atoms with Gasteiger partial charge in [-0.1, -0.05) is 24.3 Å². The minimum atomic E-state index is -4.50. The van der Waals surface area contributed by atoms with Crippen molar-refractivity contribution in [2.75, 3.05) is 19.7 Å². The molecular weight excluding hydrogens is 444 g/mol. The van der Waals surface area contributed by atoms with E-state index in [4.69, 9.17) is 10.00 Å². The zero-order valence-electron chi connectivity index (χ0n) is 18.5. The van der Waals surface area contributed by atoms with Gasteiger partial charge in [0.25, 0.3) is 0 Å². The summed E-state index contributed by atoms with van der Waals surface area (Å²) >= 11 is 0. The second-order valence-electron chi connectivity index (χ2n) is 8.64. The Morgan fingerprint density at radius 2 is 1.59 bits per heavy atom. The van der Waals surface area contributed by atoms with Crippen LogP contribution in [-0.4, -0.2) is 19.7 Å². The smallest absolute Gasteiger partial charge is 0.376 e. The summed E-state index contributed by atoms with van der Waals surface area (Å²) in [5, 5.41) is 12.3. The highest BCUT2D eigenvalue weighted by Gasteiger charge is 2.35. The Balaban J connectivity index is 1.57. The summed E-state index contributed by atoms with van der Waals surface area (Å²) in [6.07, 6.45) is -2.92. The average Bonchev–Trinajstić information content (AvgIpc) is 2.84. The molecule has 0 amide bonds. The van der Waals surface area contributed by atoms with Crippen molar-refractivity contribution in [3.8, 4) is 17.2 Å². The molecule has 1 aliphatic rings. The normalized spacial score (nSPS) is 15.6. The first-order valence-electron chi connectivity index (χ1n) is 11.1. The first kappa shape index (κ1) is 23.9. The van der Waals surface area contributed by atoms with Crippen molar-refractivity contribution in [2.24, 2.45) is 0 Å². The van der Waals surface area contributed by atoms with Crippen molar-refractivity contribution in [3.63, 3.8) is 0 Å². The highest BCUT2D eigenvalue weighted by molar-refractivity contribution is 5.66. The molecule has 34 heavy (non-hydrogen) atoms. The van der Waals surface area contributed by atoms with Gasteiger partial charge in [-0.15, -0.1) is 0 Å². The molecular formula is C27H24F4N2O. The van der Waals surface area contributed by atoms with E-state index in [1.165, 1.54) is 12.1 Å². The van der Waals surface area contributed by atoms with Crippen LogP contribution in [-0.2, 0) is 22.9 Å². The lowest BCUT2D eigenvalue weighted by Gasteiger charge is -2.38. The number of nitrogens with zero attached hydrogens (tertiary/aromatic N) is 1. The van der Waals surface area contributed by atoms with Crippen LogP contribution in [0, 0.1) is 17.1 Å². The number of halogens is 4. The van der Waals surface area contributed by atoms with E-state index in [-0.39, 0.29) is 17.8 Å². The van der Waals surface area contributed by atoms with Crippen molar-refractivity contribution in [1.29, 1.82) is 5.26 Å². The summed E-state index contributed by atoms with van der Waals surface area (Å²) in [6.45, 7) is 1.91. The van der Waals surface area contributed by atoms with Gasteiger partial charge in [0.2, 0.25) is 0 Å². The number of hydrogen-bond acceptors (Lipinski definition) is 3. The Labute approximate surface area is 196 Å². The number of ether oxygens (including phenoxy) is 1. The van der Waals surface area contributed by atoms with Gasteiger partial charge in [-0.05, 0) is 90.6 Å². The molecule has 0 saturated carbocycles. The first-order chi connectivity index (χ1) is 16.3. The number of rotatable bonds is 6. The Hall–Kier alpha value is -3.21. The van der Waals surface area contributed by atoms with E-state index in [9.17, 15) is 17.6 Å². The van der Waals surface area contributed by atoms with Crippen LogP contribution >= 0.6 is 0 Å². The first-order valence-corrected chi connectivity index (χ1v) is 11.1. The van der Waals surface area contributed by atoms with Crippen molar-refractivity contribution < 1.29 is 22.3 Å². The van der Waals surface area contributed by atoms with Crippen molar-refractivity contribution >= 4 is 0 Å².